The summed E-state index contributed by atoms with van der Waals surface area (Å²) in [4.78, 5) is 29.0. The fourth-order valence-electron chi connectivity index (χ4n) is 1.95. The number of nitrogens with zero attached hydrogens (tertiary/aromatic N) is 2. The van der Waals surface area contributed by atoms with E-state index in [0.29, 0.717) is 30.9 Å². The fourth-order valence-corrected chi connectivity index (χ4v) is 2.72. The summed E-state index contributed by atoms with van der Waals surface area (Å²) in [6.07, 6.45) is 1.32. The molecule has 2 rings (SSSR count). The van der Waals surface area contributed by atoms with Crippen molar-refractivity contribution in [1.29, 1.82) is 0 Å². The summed E-state index contributed by atoms with van der Waals surface area (Å²) in [5.74, 6) is -0.384. The minimum absolute atomic E-state index is 0.0361. The van der Waals surface area contributed by atoms with E-state index < -0.39 is 0 Å². The smallest absolute Gasteiger partial charge is 0.282 e. The van der Waals surface area contributed by atoms with Crippen LogP contribution in [-0.2, 0) is 4.79 Å². The molecule has 92 valence electrons. The van der Waals surface area contributed by atoms with E-state index in [4.69, 9.17) is 5.73 Å². The second kappa shape index (κ2) is 4.83. The molecule has 1 aliphatic rings. The molecule has 0 bridgehead atoms. The van der Waals surface area contributed by atoms with Gasteiger partial charge in [0.15, 0.2) is 5.01 Å². The number of hydrogen-bond acceptors (Lipinski definition) is 4. The van der Waals surface area contributed by atoms with Crippen molar-refractivity contribution in [2.45, 2.75) is 19.8 Å². The standard InChI is InChI=1S/C11H15N3O2S/c1-7-6-17-10(13-7)11(16)14-4-2-8(3-5-14)9(12)15/h6,8H,2-5H2,1H3,(H2,12,15). The molecule has 0 atom stereocenters. The van der Waals surface area contributed by atoms with Gasteiger partial charge in [-0.25, -0.2) is 4.98 Å². The summed E-state index contributed by atoms with van der Waals surface area (Å²) in [6, 6.07) is 0. The zero-order chi connectivity index (χ0) is 12.4. The lowest BCUT2D eigenvalue weighted by atomic mass is 9.96. The van der Waals surface area contributed by atoms with Crippen molar-refractivity contribution in [2.24, 2.45) is 11.7 Å². The molecular formula is C11H15N3O2S. The average molecular weight is 253 g/mol. The van der Waals surface area contributed by atoms with Crippen molar-refractivity contribution in [2.75, 3.05) is 13.1 Å². The number of piperidine rings is 1. The molecule has 0 unspecified atom stereocenters. The molecule has 5 nitrogen and oxygen atoms in total. The largest absolute Gasteiger partial charge is 0.369 e. The summed E-state index contributed by atoms with van der Waals surface area (Å²) in [7, 11) is 0. The first-order valence-electron chi connectivity index (χ1n) is 5.58. The van der Waals surface area contributed by atoms with Gasteiger partial charge in [0.2, 0.25) is 5.91 Å². The van der Waals surface area contributed by atoms with Gasteiger partial charge in [0.25, 0.3) is 5.91 Å². The Bertz CT molecular complexity index is 436. The van der Waals surface area contributed by atoms with E-state index in [2.05, 4.69) is 4.98 Å². The van der Waals surface area contributed by atoms with Gasteiger partial charge in [0.05, 0.1) is 0 Å². The highest BCUT2D eigenvalue weighted by Gasteiger charge is 2.27. The Morgan fingerprint density at radius 2 is 2.12 bits per heavy atom. The van der Waals surface area contributed by atoms with Gasteiger partial charge in [0, 0.05) is 30.1 Å². The van der Waals surface area contributed by atoms with Crippen LogP contribution in [0.1, 0.15) is 28.3 Å². The summed E-state index contributed by atoms with van der Waals surface area (Å²) < 4.78 is 0. The number of amides is 2. The number of likely N-dealkylation sites (tertiary alicyclic amines) is 1. The summed E-state index contributed by atoms with van der Waals surface area (Å²) in [5, 5.41) is 2.39. The van der Waals surface area contributed by atoms with Crippen LogP contribution >= 0.6 is 11.3 Å². The number of thiazole rings is 1. The van der Waals surface area contributed by atoms with Crippen LogP contribution in [0.15, 0.2) is 5.38 Å². The lowest BCUT2D eigenvalue weighted by molar-refractivity contribution is -0.123. The van der Waals surface area contributed by atoms with E-state index in [1.54, 1.807) is 4.90 Å². The second-order valence-electron chi connectivity index (χ2n) is 4.26. The van der Waals surface area contributed by atoms with E-state index in [0.717, 1.165) is 5.69 Å². The number of hydrogen-bond donors (Lipinski definition) is 1. The van der Waals surface area contributed by atoms with E-state index >= 15 is 0 Å². The first-order valence-corrected chi connectivity index (χ1v) is 6.46. The summed E-state index contributed by atoms with van der Waals surface area (Å²) in [5.41, 5.74) is 6.12. The van der Waals surface area contributed by atoms with Gasteiger partial charge < -0.3 is 10.6 Å². The third-order valence-corrected chi connectivity index (χ3v) is 3.93. The highest BCUT2D eigenvalue weighted by atomic mass is 32.1. The molecule has 1 aliphatic heterocycles. The van der Waals surface area contributed by atoms with Gasteiger partial charge in [-0.05, 0) is 19.8 Å². The predicted octanol–water partition coefficient (Wildman–Crippen LogP) is 0.789. The summed E-state index contributed by atoms with van der Waals surface area (Å²) >= 11 is 1.36. The second-order valence-corrected chi connectivity index (χ2v) is 5.12. The monoisotopic (exact) mass is 253 g/mol. The van der Waals surface area contributed by atoms with E-state index in [1.165, 1.54) is 11.3 Å². The van der Waals surface area contributed by atoms with Gasteiger partial charge >= 0.3 is 0 Å². The van der Waals surface area contributed by atoms with Crippen LogP contribution in [0.25, 0.3) is 0 Å². The number of rotatable bonds is 2. The summed E-state index contributed by atoms with van der Waals surface area (Å²) in [6.45, 7) is 3.04. The van der Waals surface area contributed by atoms with Gasteiger partial charge in [-0.1, -0.05) is 0 Å². The molecule has 1 aromatic rings. The number of primary amides is 1. The number of aromatic nitrogens is 1. The maximum absolute atomic E-state index is 12.0. The average Bonchev–Trinajstić information content (AvgIpc) is 2.75. The zero-order valence-corrected chi connectivity index (χ0v) is 10.5. The van der Waals surface area contributed by atoms with Crippen molar-refractivity contribution in [3.05, 3.63) is 16.1 Å². The highest BCUT2D eigenvalue weighted by Crippen LogP contribution is 2.19. The lowest BCUT2D eigenvalue weighted by Gasteiger charge is -2.29. The fraction of sp³-hybridized carbons (Fsp3) is 0.545. The maximum atomic E-state index is 12.0. The van der Waals surface area contributed by atoms with E-state index in [1.807, 2.05) is 12.3 Å². The molecule has 2 heterocycles. The SMILES string of the molecule is Cc1csc(C(=O)N2CCC(C(N)=O)CC2)n1. The topological polar surface area (TPSA) is 76.3 Å². The van der Waals surface area contributed by atoms with Crippen LogP contribution in [0, 0.1) is 12.8 Å². The minimum atomic E-state index is -0.262. The molecule has 2 N–H and O–H groups in total. The minimum Gasteiger partial charge on any atom is -0.369 e. The molecule has 0 saturated carbocycles. The highest BCUT2D eigenvalue weighted by molar-refractivity contribution is 7.11. The maximum Gasteiger partial charge on any atom is 0.282 e. The van der Waals surface area contributed by atoms with Crippen molar-refractivity contribution in [3.63, 3.8) is 0 Å². The van der Waals surface area contributed by atoms with Crippen LogP contribution in [-0.4, -0.2) is 34.8 Å². The molecule has 0 spiro atoms. The quantitative estimate of drug-likeness (QED) is 0.846. The van der Waals surface area contributed by atoms with Gasteiger partial charge in [-0.15, -0.1) is 11.3 Å². The van der Waals surface area contributed by atoms with Gasteiger partial charge in [-0.3, -0.25) is 9.59 Å². The van der Waals surface area contributed by atoms with Crippen LogP contribution in [0.3, 0.4) is 0 Å². The van der Waals surface area contributed by atoms with E-state index in [9.17, 15) is 9.59 Å². The first kappa shape index (κ1) is 12.0. The normalized spacial score (nSPS) is 17.1. The van der Waals surface area contributed by atoms with Gasteiger partial charge in [-0.2, -0.15) is 0 Å². The molecule has 1 saturated heterocycles. The van der Waals surface area contributed by atoms with Crippen molar-refractivity contribution in [3.8, 4) is 0 Å². The molecular weight excluding hydrogens is 238 g/mol. The molecule has 0 radical (unpaired) electrons. The van der Waals surface area contributed by atoms with Crippen LogP contribution in [0.4, 0.5) is 0 Å². The molecule has 2 amide bonds. The molecule has 0 aromatic carbocycles. The van der Waals surface area contributed by atoms with Crippen molar-refractivity contribution < 1.29 is 9.59 Å². The third kappa shape index (κ3) is 2.63. The molecule has 6 heteroatoms. The number of nitrogens with two attached hydrogens (primary N) is 1. The van der Waals surface area contributed by atoms with Crippen LogP contribution in [0.5, 0.6) is 0 Å². The molecule has 1 aromatic heterocycles. The number of carbonyl (C=O) groups is 2. The van der Waals surface area contributed by atoms with Crippen LogP contribution in [0.2, 0.25) is 0 Å². The lowest BCUT2D eigenvalue weighted by Crippen LogP contribution is -2.41. The Hall–Kier alpha value is -1.43. The van der Waals surface area contributed by atoms with Crippen molar-refractivity contribution >= 4 is 23.2 Å². The number of aryl methyl sites for hydroxylation is 1. The predicted molar refractivity (Wildman–Crippen MR) is 64.7 cm³/mol. The molecule has 0 aliphatic carbocycles. The third-order valence-electron chi connectivity index (χ3n) is 2.99. The molecule has 1 fully saturated rings. The van der Waals surface area contributed by atoms with Crippen LogP contribution < -0.4 is 5.73 Å². The van der Waals surface area contributed by atoms with Gasteiger partial charge in [0.1, 0.15) is 0 Å². The Morgan fingerprint density at radius 3 is 2.59 bits per heavy atom. The first-order chi connectivity index (χ1) is 8.08. The Labute approximate surface area is 104 Å². The molecule has 17 heavy (non-hydrogen) atoms. The van der Waals surface area contributed by atoms with E-state index in [-0.39, 0.29) is 17.7 Å². The Morgan fingerprint density at radius 1 is 1.47 bits per heavy atom. The zero-order valence-electron chi connectivity index (χ0n) is 9.68. The Kier molecular flexibility index (Phi) is 3.42. The Balaban J connectivity index is 1.97. The number of carbonyl (C=O) groups excluding carboxylic acids is 2. The van der Waals surface area contributed by atoms with Crippen molar-refractivity contribution in [1.82, 2.24) is 9.88 Å².